The van der Waals surface area contributed by atoms with Crippen molar-refractivity contribution < 1.29 is 130 Å². The van der Waals surface area contributed by atoms with Gasteiger partial charge in [0.15, 0.2) is 0 Å². The van der Waals surface area contributed by atoms with Crippen LogP contribution >= 0.6 is 294 Å². The van der Waals surface area contributed by atoms with Crippen molar-refractivity contribution in [2.75, 3.05) is 0 Å². The number of aliphatic hydroxyl groups is 8. The van der Waals surface area contributed by atoms with E-state index >= 15 is 0 Å². The molecule has 8 N–H and O–H groups in total. The van der Waals surface area contributed by atoms with E-state index in [9.17, 15) is 0 Å². The van der Waals surface area contributed by atoms with Gasteiger partial charge in [0.25, 0.3) is 40.7 Å². The van der Waals surface area contributed by atoms with Crippen molar-refractivity contribution in [3.63, 3.8) is 0 Å². The molecule has 0 spiro atoms. The summed E-state index contributed by atoms with van der Waals surface area (Å²) in [5.74, 6) is -8.72. The van der Waals surface area contributed by atoms with Gasteiger partial charge in [-0.25, -0.2) is 113 Å². The monoisotopic (exact) mass is 5480 g/mol. The summed E-state index contributed by atoms with van der Waals surface area (Å²) in [6.07, 6.45) is 47.0. The summed E-state index contributed by atoms with van der Waals surface area (Å²) in [7, 11) is 27.4. The van der Waals surface area contributed by atoms with E-state index in [1.54, 1.807) is 0 Å². The summed E-state index contributed by atoms with van der Waals surface area (Å²) >= 11 is 68.6. The van der Waals surface area contributed by atoms with Crippen LogP contribution in [0.15, 0.2) is 40.6 Å². The summed E-state index contributed by atoms with van der Waals surface area (Å²) in [6.45, 7) is 0. The van der Waals surface area contributed by atoms with Gasteiger partial charge < -0.3 is 172 Å². The second-order valence-electron chi connectivity index (χ2n) is 6.66. The largest absolute Gasteiger partial charge is 1.00 e. The van der Waals surface area contributed by atoms with Crippen molar-refractivity contribution >= 4 is 294 Å². The molecule has 96 heavy (non-hydrogen) atoms. The van der Waals surface area contributed by atoms with E-state index < -0.39 is 57.5 Å². The normalized spacial score (nSPS) is 13.6. The van der Waals surface area contributed by atoms with Crippen LogP contribution in [0.5, 0.6) is 0 Å². The maximum absolute atomic E-state index is 6.75. The Morgan fingerprint density at radius 3 is 0.375 bits per heavy atom. The molecule has 0 aromatic carbocycles. The minimum absolute atomic E-state index is 0. The van der Waals surface area contributed by atoms with E-state index in [1.165, 1.54) is 68.3 Å². The summed E-state index contributed by atoms with van der Waals surface area (Å²) < 4.78 is 66.5. The number of thiol groups is 8. The van der Waals surface area contributed by atoms with Crippen molar-refractivity contribution in [3.8, 4) is 0 Å². The van der Waals surface area contributed by atoms with Crippen LogP contribution < -0.4 is 59.1 Å². The van der Waals surface area contributed by atoms with E-state index in [4.69, 9.17) is 149 Å². The first kappa shape index (κ1) is 212. The topological polar surface area (TPSA) is 328 Å². The number of rotatable bonds is 12. The first-order valence-corrected chi connectivity index (χ1v) is 50.1. The summed E-state index contributed by atoms with van der Waals surface area (Å²) in [5.41, 5.74) is -6.12. The Labute approximate surface area is 642 Å². The second-order valence-corrected chi connectivity index (χ2v) is 50.8. The van der Waals surface area contributed by atoms with Crippen molar-refractivity contribution in [1.29, 1.82) is 0 Å². The van der Waals surface area contributed by atoms with Crippen LogP contribution in [0.4, 0.5) is 0 Å². The molecule has 0 aromatic heterocycles. The number of nitrogens with zero attached hydrogens (tertiary/aromatic N) is 9. The van der Waals surface area contributed by atoms with Gasteiger partial charge in [-0.3, -0.25) is 156 Å². The molecular formula is C28H74Cl6N9Na2O14P9Rf14S14-28. The molecule has 0 saturated carbocycles. The second kappa shape index (κ2) is 146. The Morgan fingerprint density at radius 1 is 0.229 bits per heavy atom. The Balaban J connectivity index is -0.0000000151. The van der Waals surface area contributed by atoms with Gasteiger partial charge in [-0.05, 0) is 67.4 Å². The first-order valence-electron chi connectivity index (χ1n) is 15.3. The average molecular weight is 5490 g/mol. The summed E-state index contributed by atoms with van der Waals surface area (Å²) in [6, 6.07) is 0. The van der Waals surface area contributed by atoms with E-state index in [0.717, 1.165) is 0 Å². The van der Waals surface area contributed by atoms with Crippen LogP contribution in [-0.2, 0) is 27.1 Å². The maximum Gasteiger partial charge on any atom is 1.00 e. The molecule has 0 fully saturated rings. The summed E-state index contributed by atoms with van der Waals surface area (Å²) in [5, 5.41) is 54.0. The van der Waals surface area contributed by atoms with Crippen LogP contribution in [-0.4, -0.2) is 40.9 Å². The third kappa shape index (κ3) is 96.5. The number of halogens is 6. The molecule has 0 saturated heterocycles. The van der Waals surface area contributed by atoms with E-state index in [2.05, 4.69) is 315 Å². The first-order chi connectivity index (χ1) is 38.1. The fourth-order valence-corrected chi connectivity index (χ4v) is 60.8. The van der Waals surface area contributed by atoms with Gasteiger partial charge in [0.2, 0.25) is 0 Å². The molecule has 3 rings (SSSR count). The van der Waals surface area contributed by atoms with Crippen molar-refractivity contribution in [2.45, 2.75) is 0 Å². The Bertz CT molecular complexity index is 1470. The van der Waals surface area contributed by atoms with Crippen molar-refractivity contribution in [2.24, 2.45) is 40.6 Å². The Hall–Kier alpha value is -3.85. The van der Waals surface area contributed by atoms with Gasteiger partial charge in [0, 0.05) is 0 Å². The zero-order valence-electron chi connectivity index (χ0n) is 56.1. The average Bonchev–Trinajstić information content (AvgIpc) is 3.55. The van der Waals surface area contributed by atoms with Crippen LogP contribution in [0.3, 0.4) is 0 Å². The van der Waals surface area contributed by atoms with Gasteiger partial charge >= 0.3 is 59.1 Å². The molecule has 3 aliphatic heterocycles. The molecule has 3 aliphatic rings. The van der Waals surface area contributed by atoms with Gasteiger partial charge in [0.05, 0.1) is 0 Å². The summed E-state index contributed by atoms with van der Waals surface area (Å²) in [4.78, 5) is 0. The molecule has 0 atom stereocenters. The van der Waals surface area contributed by atoms with E-state index in [-0.39, 0.29) is 62.0 Å². The minimum atomic E-state index is -3.29. The predicted molar refractivity (Wildman–Crippen MR) is 411 cm³/mol. The molecule has 68 heteroatoms. The fraction of sp³-hybridized carbons (Fsp3) is 0. The van der Waals surface area contributed by atoms with Crippen LogP contribution in [0.25, 0.3) is 0 Å². The fourth-order valence-electron chi connectivity index (χ4n) is 2.25. The quantitative estimate of drug-likeness (QED) is 0.0374. The SMILES string of the molecule is ClP1(Cl)=NP(Cl)(Cl)=NP(Cl)(Cl)=N1.[CH2-]O.[CH2-]O.[CH2-]O.[CH2-]O.[CH2-]O.[CH2-]O.[CH2-]O.[CH2-]O.[CH2-]OP1(O[CH2-])=NP(O[CH2-])(O[CH2-])=NP(O[CH2-])(O[CH2-])=N1.[CH2-]S.[CH2-]S.[CH2-]S.[CH2-]S.[CH2-]S.[CH2-]S.[CH2-]S.[CH2-]S.[CH2-]SP1(S[CH2-])=NP(S[CH2-])(S[CH2-])=NP(S[CH2-])(S[CH2-])=N1.[H-].[H-].[Na+].[Na+].[Rf].[Rf].[Rf].[Rf].[Rf].[Rf].[Rf].[Rf].[Rf].[Rf].[Rf].[Rf].[Rf].[Rf]. The Morgan fingerprint density at radius 2 is 0.312 bits per heavy atom. The third-order valence-electron chi connectivity index (χ3n) is 4.02. The van der Waals surface area contributed by atoms with Gasteiger partial charge in [-0.15, -0.1) is 13.5 Å². The van der Waals surface area contributed by atoms with Gasteiger partial charge in [0.1, 0.15) is 16.8 Å². The molecule has 544 valence electrons. The molecule has 0 bridgehead atoms. The van der Waals surface area contributed by atoms with Crippen molar-refractivity contribution in [3.05, 3.63) is 187 Å². The zero-order valence-corrected chi connectivity index (χ0v) is 172. The van der Waals surface area contributed by atoms with Gasteiger partial charge in [-0.1, -0.05) is 0 Å². The third-order valence-corrected chi connectivity index (χ3v) is 51.0. The van der Waals surface area contributed by atoms with Crippen LogP contribution in [0.1, 0.15) is 2.85 Å². The molecule has 3 heterocycles. The van der Waals surface area contributed by atoms with Crippen LogP contribution in [0.2, 0.25) is 0 Å². The standard InChI is InChI=1S/C6H12N3O6P3.C6H12N3P3S6.8CH3O.8CH3S.Cl6N3P3.2Na.14Rf.2H/c1-10-16(11-2)7-17(12-3,13-4)9-18(8-16,14-5)15-6;1-13-10(14-2)7-11(15-3,16-4)9-12(8-10,17-5)18-6;16*1-2;1-10(2)7-11(3,4)9-12(5,6)8-10;;;;;;;;;;;;;;;;;;/h2*1-6H2;16*2H,1H2;;;;;;;;;;;;;;;;;;;/q2*-6;16*-1;;2*+1;;;;;;;;;;;;;;;2*-1. The van der Waals surface area contributed by atoms with Gasteiger partial charge in [-0.2, -0.15) is 13.5 Å². The zero-order chi connectivity index (χ0) is 69.3. The smallest absolute Gasteiger partial charge is 1.00 e. The number of hydrogen-bond acceptors (Lipinski definition) is 37. The van der Waals surface area contributed by atoms with E-state index in [1.807, 2.05) is 0 Å². The molecular weight excluding hydrogens is 5410 g/mol. The maximum atomic E-state index is 6.75. The van der Waals surface area contributed by atoms with E-state index in [0.29, 0.717) is 0 Å². The molecule has 0 aliphatic carbocycles. The molecule has 0 unspecified atom stereocenters. The molecule has 0 aromatic rings. The molecule has 0 amide bonds. The van der Waals surface area contributed by atoms with Crippen molar-refractivity contribution in [1.82, 2.24) is 0 Å². The molecule has 23 nitrogen and oxygen atoms in total. The Kier molecular flexibility index (Phi) is 323. The van der Waals surface area contributed by atoms with Crippen LogP contribution in [0, 0.1) is 187 Å². The molecule has 0 radical (unpaired) electrons. The number of hydrogen-bond donors (Lipinski definition) is 16. The minimum Gasteiger partial charge on any atom is -1.00 e. The number of aliphatic hydroxyl groups excluding tert-OH is 8. The predicted octanol–water partition coefficient (Wildman–Crippen LogP) is 22.0.